The number of aryl methyl sites for hydroxylation is 1. The fraction of sp³-hybridized carbons (Fsp3) is 0.333. The number of amides is 2. The Morgan fingerprint density at radius 1 is 1.00 bits per heavy atom. The molecular formula is C21H23ClN2O3. The Balaban J connectivity index is 1.49. The van der Waals surface area contributed by atoms with E-state index in [4.69, 9.17) is 16.3 Å². The maximum absolute atomic E-state index is 12.6. The standard InChI is InChI=1S/C21H23ClN2O3/c1-27-19-4-2-3-17(15-19)21(26)24-13-11-23(12-14-24)20(25)10-7-16-5-8-18(22)9-6-16/h2-6,8-9,15H,7,10-14H2,1H3. The topological polar surface area (TPSA) is 49.9 Å². The number of piperazine rings is 1. The summed E-state index contributed by atoms with van der Waals surface area (Å²) in [6.45, 7) is 2.22. The van der Waals surface area contributed by atoms with Gasteiger partial charge in [-0.25, -0.2) is 0 Å². The molecule has 0 bridgehead atoms. The van der Waals surface area contributed by atoms with Crippen LogP contribution in [-0.2, 0) is 11.2 Å². The van der Waals surface area contributed by atoms with Crippen LogP contribution in [0.4, 0.5) is 0 Å². The molecule has 0 atom stereocenters. The molecule has 0 N–H and O–H groups in total. The van der Waals surface area contributed by atoms with Gasteiger partial charge in [0.2, 0.25) is 5.91 Å². The van der Waals surface area contributed by atoms with Crippen LogP contribution in [0.1, 0.15) is 22.3 Å². The summed E-state index contributed by atoms with van der Waals surface area (Å²) >= 11 is 5.88. The summed E-state index contributed by atoms with van der Waals surface area (Å²) in [7, 11) is 1.58. The van der Waals surface area contributed by atoms with Crippen LogP contribution in [0.15, 0.2) is 48.5 Å². The van der Waals surface area contributed by atoms with E-state index >= 15 is 0 Å². The Kier molecular flexibility index (Phi) is 6.35. The summed E-state index contributed by atoms with van der Waals surface area (Å²) in [6.07, 6.45) is 1.16. The molecule has 0 spiro atoms. The molecule has 0 radical (unpaired) electrons. The first-order valence-electron chi connectivity index (χ1n) is 9.02. The zero-order valence-corrected chi connectivity index (χ0v) is 16.1. The summed E-state index contributed by atoms with van der Waals surface area (Å²) in [4.78, 5) is 28.7. The summed E-state index contributed by atoms with van der Waals surface area (Å²) in [5.41, 5.74) is 1.71. The van der Waals surface area contributed by atoms with Gasteiger partial charge in [0.1, 0.15) is 5.75 Å². The quantitative estimate of drug-likeness (QED) is 0.792. The van der Waals surface area contributed by atoms with Crippen LogP contribution in [0.25, 0.3) is 0 Å². The van der Waals surface area contributed by atoms with Gasteiger partial charge in [0.15, 0.2) is 0 Å². The molecule has 0 aliphatic carbocycles. The van der Waals surface area contributed by atoms with Crippen molar-refractivity contribution in [3.63, 3.8) is 0 Å². The van der Waals surface area contributed by atoms with Crippen molar-refractivity contribution in [1.29, 1.82) is 0 Å². The molecule has 1 aliphatic rings. The van der Waals surface area contributed by atoms with Crippen LogP contribution in [0.3, 0.4) is 0 Å². The van der Waals surface area contributed by atoms with E-state index in [-0.39, 0.29) is 11.8 Å². The monoisotopic (exact) mass is 386 g/mol. The highest BCUT2D eigenvalue weighted by molar-refractivity contribution is 6.30. The van der Waals surface area contributed by atoms with Crippen molar-refractivity contribution in [1.82, 2.24) is 9.80 Å². The normalized spacial score (nSPS) is 14.1. The van der Waals surface area contributed by atoms with Crippen molar-refractivity contribution in [2.45, 2.75) is 12.8 Å². The van der Waals surface area contributed by atoms with Gasteiger partial charge in [-0.05, 0) is 42.3 Å². The van der Waals surface area contributed by atoms with Crippen LogP contribution in [0.2, 0.25) is 5.02 Å². The number of benzene rings is 2. The molecule has 1 saturated heterocycles. The van der Waals surface area contributed by atoms with Gasteiger partial charge in [-0.15, -0.1) is 0 Å². The molecule has 1 heterocycles. The van der Waals surface area contributed by atoms with E-state index in [0.29, 0.717) is 55.4 Å². The summed E-state index contributed by atoms with van der Waals surface area (Å²) in [6, 6.07) is 14.7. The summed E-state index contributed by atoms with van der Waals surface area (Å²) < 4.78 is 5.18. The molecular weight excluding hydrogens is 364 g/mol. The predicted molar refractivity (Wildman–Crippen MR) is 105 cm³/mol. The molecule has 2 amide bonds. The third-order valence-electron chi connectivity index (χ3n) is 4.78. The molecule has 0 saturated carbocycles. The van der Waals surface area contributed by atoms with Gasteiger partial charge < -0.3 is 14.5 Å². The van der Waals surface area contributed by atoms with Crippen molar-refractivity contribution in [3.05, 3.63) is 64.7 Å². The number of rotatable bonds is 5. The minimum atomic E-state index is -0.0258. The summed E-state index contributed by atoms with van der Waals surface area (Å²) in [5, 5.41) is 0.696. The molecule has 1 aliphatic heterocycles. The fourth-order valence-electron chi connectivity index (χ4n) is 3.16. The maximum atomic E-state index is 12.6. The number of nitrogens with zero attached hydrogens (tertiary/aromatic N) is 2. The second-order valence-electron chi connectivity index (χ2n) is 6.53. The van der Waals surface area contributed by atoms with E-state index in [0.717, 1.165) is 5.56 Å². The molecule has 0 aromatic heterocycles. The van der Waals surface area contributed by atoms with Crippen LogP contribution < -0.4 is 4.74 Å². The van der Waals surface area contributed by atoms with Crippen molar-refractivity contribution in [3.8, 4) is 5.75 Å². The highest BCUT2D eigenvalue weighted by Gasteiger charge is 2.24. The van der Waals surface area contributed by atoms with Gasteiger partial charge in [0.05, 0.1) is 7.11 Å². The molecule has 27 heavy (non-hydrogen) atoms. The molecule has 6 heteroatoms. The number of carbonyl (C=O) groups excluding carboxylic acids is 2. The zero-order valence-electron chi connectivity index (χ0n) is 15.4. The number of methoxy groups -OCH3 is 1. The van der Waals surface area contributed by atoms with E-state index in [1.165, 1.54) is 0 Å². The number of ether oxygens (including phenoxy) is 1. The van der Waals surface area contributed by atoms with E-state index in [1.54, 1.807) is 24.1 Å². The lowest BCUT2D eigenvalue weighted by Crippen LogP contribution is -2.50. The number of hydrogen-bond donors (Lipinski definition) is 0. The SMILES string of the molecule is COc1cccc(C(=O)N2CCN(C(=O)CCc3ccc(Cl)cc3)CC2)c1. The van der Waals surface area contributed by atoms with Gasteiger partial charge in [0.25, 0.3) is 5.91 Å². The van der Waals surface area contributed by atoms with Crippen molar-refractivity contribution >= 4 is 23.4 Å². The molecule has 2 aromatic carbocycles. The minimum absolute atomic E-state index is 0.0258. The van der Waals surface area contributed by atoms with Crippen molar-refractivity contribution in [2.24, 2.45) is 0 Å². The van der Waals surface area contributed by atoms with E-state index in [2.05, 4.69) is 0 Å². The van der Waals surface area contributed by atoms with Crippen LogP contribution in [0.5, 0.6) is 5.75 Å². The Bertz CT molecular complexity index is 799. The second-order valence-corrected chi connectivity index (χ2v) is 6.97. The minimum Gasteiger partial charge on any atom is -0.497 e. The third-order valence-corrected chi connectivity index (χ3v) is 5.03. The summed E-state index contributed by atoms with van der Waals surface area (Å²) in [5.74, 6) is 0.762. The Hall–Kier alpha value is -2.53. The third kappa shape index (κ3) is 5.01. The average Bonchev–Trinajstić information content (AvgIpc) is 2.72. The molecule has 2 aromatic rings. The predicted octanol–water partition coefficient (Wildman–Crippen LogP) is 3.27. The number of carbonyl (C=O) groups is 2. The van der Waals surface area contributed by atoms with E-state index in [9.17, 15) is 9.59 Å². The van der Waals surface area contributed by atoms with E-state index in [1.807, 2.05) is 41.3 Å². The molecule has 1 fully saturated rings. The second kappa shape index (κ2) is 8.91. The lowest BCUT2D eigenvalue weighted by atomic mass is 10.1. The molecule has 142 valence electrons. The first-order valence-corrected chi connectivity index (χ1v) is 9.40. The molecule has 5 nitrogen and oxygen atoms in total. The van der Waals surface area contributed by atoms with Crippen LogP contribution >= 0.6 is 11.6 Å². The lowest BCUT2D eigenvalue weighted by Gasteiger charge is -2.35. The highest BCUT2D eigenvalue weighted by atomic mass is 35.5. The fourth-order valence-corrected chi connectivity index (χ4v) is 3.28. The van der Waals surface area contributed by atoms with Crippen molar-refractivity contribution in [2.75, 3.05) is 33.3 Å². The van der Waals surface area contributed by atoms with Gasteiger partial charge in [-0.2, -0.15) is 0 Å². The van der Waals surface area contributed by atoms with E-state index < -0.39 is 0 Å². The van der Waals surface area contributed by atoms with Gasteiger partial charge in [-0.3, -0.25) is 9.59 Å². The molecule has 0 unspecified atom stereocenters. The lowest BCUT2D eigenvalue weighted by molar-refractivity contribution is -0.132. The Morgan fingerprint density at radius 2 is 1.67 bits per heavy atom. The van der Waals surface area contributed by atoms with Crippen LogP contribution in [-0.4, -0.2) is 54.9 Å². The van der Waals surface area contributed by atoms with Gasteiger partial charge >= 0.3 is 0 Å². The van der Waals surface area contributed by atoms with Gasteiger partial charge in [0, 0.05) is 43.2 Å². The van der Waals surface area contributed by atoms with Crippen LogP contribution in [0, 0.1) is 0 Å². The first-order chi connectivity index (χ1) is 13.1. The highest BCUT2D eigenvalue weighted by Crippen LogP contribution is 2.16. The largest absolute Gasteiger partial charge is 0.497 e. The Labute approximate surface area is 164 Å². The number of halogens is 1. The smallest absolute Gasteiger partial charge is 0.254 e. The van der Waals surface area contributed by atoms with Crippen molar-refractivity contribution < 1.29 is 14.3 Å². The molecule has 3 rings (SSSR count). The average molecular weight is 387 g/mol. The maximum Gasteiger partial charge on any atom is 0.254 e. The zero-order chi connectivity index (χ0) is 19.2. The Morgan fingerprint density at radius 3 is 2.33 bits per heavy atom. The number of hydrogen-bond acceptors (Lipinski definition) is 3. The van der Waals surface area contributed by atoms with Gasteiger partial charge in [-0.1, -0.05) is 29.8 Å². The first kappa shape index (κ1) is 19.2.